The smallest absolute Gasteiger partial charge is 0.254 e. The van der Waals surface area contributed by atoms with E-state index in [9.17, 15) is 4.79 Å². The van der Waals surface area contributed by atoms with Gasteiger partial charge in [-0.1, -0.05) is 0 Å². The maximum Gasteiger partial charge on any atom is 0.254 e. The molecule has 20 heavy (non-hydrogen) atoms. The minimum absolute atomic E-state index is 0.212. The molecule has 0 aliphatic carbocycles. The van der Waals surface area contributed by atoms with E-state index in [1.807, 2.05) is 16.8 Å². The van der Waals surface area contributed by atoms with E-state index in [0.717, 1.165) is 57.8 Å². The van der Waals surface area contributed by atoms with Crippen LogP contribution in [0.4, 0.5) is 0 Å². The SMILES string of the molecule is O=C(c1ccsc1)N1CCCC[C@@H]1CN1CCOCC1. The van der Waals surface area contributed by atoms with Crippen LogP contribution < -0.4 is 0 Å². The molecule has 3 heterocycles. The molecule has 0 bridgehead atoms. The fourth-order valence-corrected chi connectivity index (χ4v) is 3.72. The van der Waals surface area contributed by atoms with Crippen molar-refractivity contribution in [2.24, 2.45) is 0 Å². The van der Waals surface area contributed by atoms with Crippen LogP contribution in [0.15, 0.2) is 16.8 Å². The number of nitrogens with zero attached hydrogens (tertiary/aromatic N) is 2. The van der Waals surface area contributed by atoms with Crippen molar-refractivity contribution < 1.29 is 9.53 Å². The molecule has 1 atom stereocenters. The van der Waals surface area contributed by atoms with Gasteiger partial charge in [0.15, 0.2) is 0 Å². The molecule has 1 aromatic rings. The minimum Gasteiger partial charge on any atom is -0.379 e. The van der Waals surface area contributed by atoms with Crippen molar-refractivity contribution in [2.75, 3.05) is 39.4 Å². The van der Waals surface area contributed by atoms with Crippen LogP contribution >= 0.6 is 11.3 Å². The molecule has 4 nitrogen and oxygen atoms in total. The maximum absolute atomic E-state index is 12.6. The highest BCUT2D eigenvalue weighted by Crippen LogP contribution is 2.21. The summed E-state index contributed by atoms with van der Waals surface area (Å²) in [5.74, 6) is 0.212. The average Bonchev–Trinajstić information content (AvgIpc) is 3.02. The third-order valence-electron chi connectivity index (χ3n) is 4.23. The van der Waals surface area contributed by atoms with Crippen molar-refractivity contribution in [3.05, 3.63) is 22.4 Å². The Bertz CT molecular complexity index is 429. The molecule has 1 aromatic heterocycles. The van der Waals surface area contributed by atoms with E-state index in [4.69, 9.17) is 4.74 Å². The summed E-state index contributed by atoms with van der Waals surface area (Å²) in [5, 5.41) is 3.94. The molecule has 110 valence electrons. The topological polar surface area (TPSA) is 32.8 Å². The molecule has 0 N–H and O–H groups in total. The van der Waals surface area contributed by atoms with Gasteiger partial charge in [0.1, 0.15) is 0 Å². The lowest BCUT2D eigenvalue weighted by molar-refractivity contribution is 0.0166. The Morgan fingerprint density at radius 2 is 2.15 bits per heavy atom. The number of hydrogen-bond donors (Lipinski definition) is 0. The molecule has 5 heteroatoms. The number of hydrogen-bond acceptors (Lipinski definition) is 4. The zero-order valence-corrected chi connectivity index (χ0v) is 12.6. The van der Waals surface area contributed by atoms with Gasteiger partial charge in [-0.3, -0.25) is 9.69 Å². The number of ether oxygens (including phenoxy) is 1. The first kappa shape index (κ1) is 14.0. The first-order valence-corrected chi connectivity index (χ1v) is 8.42. The molecule has 0 unspecified atom stereocenters. The summed E-state index contributed by atoms with van der Waals surface area (Å²) in [7, 11) is 0. The number of morpholine rings is 1. The van der Waals surface area contributed by atoms with E-state index in [1.54, 1.807) is 11.3 Å². The normalized spacial score (nSPS) is 24.8. The molecular weight excluding hydrogens is 272 g/mol. The van der Waals surface area contributed by atoms with Crippen molar-refractivity contribution in [3.8, 4) is 0 Å². The number of piperidine rings is 1. The Balaban J connectivity index is 1.65. The average molecular weight is 294 g/mol. The molecule has 2 aliphatic heterocycles. The summed E-state index contributed by atoms with van der Waals surface area (Å²) in [4.78, 5) is 17.1. The molecule has 2 aliphatic rings. The predicted molar refractivity (Wildman–Crippen MR) is 80.3 cm³/mol. The van der Waals surface area contributed by atoms with Crippen LogP contribution in [-0.4, -0.2) is 61.1 Å². The van der Waals surface area contributed by atoms with E-state index < -0.39 is 0 Å². The molecule has 2 fully saturated rings. The number of thiophene rings is 1. The summed E-state index contributed by atoms with van der Waals surface area (Å²) in [5.41, 5.74) is 0.851. The van der Waals surface area contributed by atoms with Gasteiger partial charge in [0.05, 0.1) is 18.8 Å². The van der Waals surface area contributed by atoms with Gasteiger partial charge in [-0.25, -0.2) is 0 Å². The Kier molecular flexibility index (Phi) is 4.70. The third-order valence-corrected chi connectivity index (χ3v) is 4.91. The second-order valence-electron chi connectivity index (χ2n) is 5.57. The Labute approximate surface area is 124 Å². The lowest BCUT2D eigenvalue weighted by Crippen LogP contribution is -2.51. The van der Waals surface area contributed by atoms with Gasteiger partial charge in [0.25, 0.3) is 5.91 Å². The van der Waals surface area contributed by atoms with Crippen molar-refractivity contribution in [1.29, 1.82) is 0 Å². The Morgan fingerprint density at radius 1 is 1.30 bits per heavy atom. The summed E-state index contributed by atoms with van der Waals surface area (Å²) in [6, 6.07) is 2.31. The monoisotopic (exact) mass is 294 g/mol. The van der Waals surface area contributed by atoms with E-state index >= 15 is 0 Å². The van der Waals surface area contributed by atoms with E-state index in [2.05, 4.69) is 9.80 Å². The molecule has 0 aromatic carbocycles. The summed E-state index contributed by atoms with van der Waals surface area (Å²) < 4.78 is 5.40. The van der Waals surface area contributed by atoms with Crippen LogP contribution in [0.1, 0.15) is 29.6 Å². The van der Waals surface area contributed by atoms with E-state index in [0.29, 0.717) is 6.04 Å². The molecule has 2 saturated heterocycles. The highest BCUT2D eigenvalue weighted by molar-refractivity contribution is 7.08. The predicted octanol–water partition coefficient (Wildman–Crippen LogP) is 2.08. The van der Waals surface area contributed by atoms with Gasteiger partial charge in [0.2, 0.25) is 0 Å². The lowest BCUT2D eigenvalue weighted by Gasteiger charge is -2.39. The van der Waals surface area contributed by atoms with Crippen LogP contribution in [0.5, 0.6) is 0 Å². The largest absolute Gasteiger partial charge is 0.379 e. The van der Waals surface area contributed by atoms with E-state index in [-0.39, 0.29) is 5.91 Å². The number of carbonyl (C=O) groups is 1. The molecule has 0 saturated carbocycles. The molecular formula is C15H22N2O2S. The van der Waals surface area contributed by atoms with Crippen LogP contribution in [0.3, 0.4) is 0 Å². The molecule has 3 rings (SSSR count). The zero-order chi connectivity index (χ0) is 13.8. The number of likely N-dealkylation sites (tertiary alicyclic amines) is 1. The van der Waals surface area contributed by atoms with Crippen molar-refractivity contribution >= 4 is 17.2 Å². The van der Waals surface area contributed by atoms with Gasteiger partial charge in [-0.05, 0) is 30.7 Å². The fraction of sp³-hybridized carbons (Fsp3) is 0.667. The number of rotatable bonds is 3. The van der Waals surface area contributed by atoms with Gasteiger partial charge in [-0.2, -0.15) is 11.3 Å². The van der Waals surface area contributed by atoms with Crippen molar-refractivity contribution in [1.82, 2.24) is 9.80 Å². The first-order chi connectivity index (χ1) is 9.84. The molecule has 1 amide bonds. The summed E-state index contributed by atoms with van der Waals surface area (Å²) >= 11 is 1.59. The zero-order valence-electron chi connectivity index (χ0n) is 11.8. The fourth-order valence-electron chi connectivity index (χ4n) is 3.09. The molecule has 0 radical (unpaired) electrons. The van der Waals surface area contributed by atoms with Gasteiger partial charge in [-0.15, -0.1) is 0 Å². The molecule has 0 spiro atoms. The van der Waals surface area contributed by atoms with Crippen LogP contribution in [-0.2, 0) is 4.74 Å². The van der Waals surface area contributed by atoms with E-state index in [1.165, 1.54) is 6.42 Å². The first-order valence-electron chi connectivity index (χ1n) is 7.48. The van der Waals surface area contributed by atoms with Crippen LogP contribution in [0.2, 0.25) is 0 Å². The van der Waals surface area contributed by atoms with Crippen LogP contribution in [0, 0.1) is 0 Å². The highest BCUT2D eigenvalue weighted by Gasteiger charge is 2.29. The van der Waals surface area contributed by atoms with Gasteiger partial charge >= 0.3 is 0 Å². The second kappa shape index (κ2) is 6.70. The van der Waals surface area contributed by atoms with Gasteiger partial charge in [0, 0.05) is 37.6 Å². The number of carbonyl (C=O) groups excluding carboxylic acids is 1. The Hall–Kier alpha value is -0.910. The van der Waals surface area contributed by atoms with Crippen molar-refractivity contribution in [2.45, 2.75) is 25.3 Å². The Morgan fingerprint density at radius 3 is 2.90 bits per heavy atom. The summed E-state index contributed by atoms with van der Waals surface area (Å²) in [6.07, 6.45) is 3.51. The standard InChI is InChI=1S/C15H22N2O2S/c18-15(13-4-10-20-12-13)17-5-2-1-3-14(17)11-16-6-8-19-9-7-16/h4,10,12,14H,1-3,5-9,11H2/t14-/m1/s1. The second-order valence-corrected chi connectivity index (χ2v) is 6.35. The van der Waals surface area contributed by atoms with Crippen molar-refractivity contribution in [3.63, 3.8) is 0 Å². The highest BCUT2D eigenvalue weighted by atomic mass is 32.1. The summed E-state index contributed by atoms with van der Waals surface area (Å²) in [6.45, 7) is 5.55. The number of amides is 1. The maximum atomic E-state index is 12.6. The third kappa shape index (κ3) is 3.22. The van der Waals surface area contributed by atoms with Gasteiger partial charge < -0.3 is 9.64 Å². The quantitative estimate of drug-likeness (QED) is 0.855. The van der Waals surface area contributed by atoms with Crippen LogP contribution in [0.25, 0.3) is 0 Å². The lowest BCUT2D eigenvalue weighted by atomic mass is 10.0. The minimum atomic E-state index is 0.212.